The standard InChI is InChI=1S/C34H40N2O8/c1-38-15-2-14-36-29-18-24(4-10-30(29)42-22-34(36)37)21-41-33-20-35-13-12-28(33)25-5-7-26(8-6-25)39-16-3-17-40-27-9-11-31-32(19-27)44-23-43-31/h4-11,18-19,28,33,35H,2-3,12-17,20-23H2,1H3. The van der Waals surface area contributed by atoms with Crippen molar-refractivity contribution < 1.29 is 38.0 Å². The summed E-state index contributed by atoms with van der Waals surface area (Å²) < 4.78 is 39.9. The number of carbonyl (C=O) groups is 1. The number of amides is 1. The van der Waals surface area contributed by atoms with Gasteiger partial charge in [-0.3, -0.25) is 4.79 Å². The van der Waals surface area contributed by atoms with Crippen molar-refractivity contribution in [1.29, 1.82) is 0 Å². The second-order valence-electron chi connectivity index (χ2n) is 11.1. The molecule has 10 heteroatoms. The van der Waals surface area contributed by atoms with Gasteiger partial charge in [-0.15, -0.1) is 0 Å². The molecule has 3 aliphatic rings. The molecule has 3 aromatic rings. The summed E-state index contributed by atoms with van der Waals surface area (Å²) in [6.45, 7) is 4.79. The third-order valence-corrected chi connectivity index (χ3v) is 8.07. The number of methoxy groups -OCH3 is 1. The Bertz CT molecular complexity index is 1400. The molecule has 2 unspecified atom stereocenters. The van der Waals surface area contributed by atoms with Crippen molar-refractivity contribution in [1.82, 2.24) is 5.32 Å². The van der Waals surface area contributed by atoms with Crippen LogP contribution >= 0.6 is 0 Å². The molecule has 1 amide bonds. The zero-order chi connectivity index (χ0) is 30.1. The van der Waals surface area contributed by atoms with Gasteiger partial charge in [0.1, 0.15) is 17.2 Å². The van der Waals surface area contributed by atoms with Crippen molar-refractivity contribution in [3.05, 3.63) is 71.8 Å². The summed E-state index contributed by atoms with van der Waals surface area (Å²) >= 11 is 0. The molecule has 0 bridgehead atoms. The molecule has 0 saturated carbocycles. The second-order valence-corrected chi connectivity index (χ2v) is 11.1. The van der Waals surface area contributed by atoms with Gasteiger partial charge in [0.05, 0.1) is 31.6 Å². The Balaban J connectivity index is 0.989. The first kappa shape index (κ1) is 30.1. The molecule has 234 valence electrons. The molecule has 0 spiro atoms. The second kappa shape index (κ2) is 14.7. The van der Waals surface area contributed by atoms with Crippen LogP contribution in [-0.2, 0) is 20.9 Å². The lowest BCUT2D eigenvalue weighted by atomic mass is 9.87. The highest BCUT2D eigenvalue weighted by atomic mass is 16.7. The van der Waals surface area contributed by atoms with Crippen molar-refractivity contribution in [2.24, 2.45) is 0 Å². The summed E-state index contributed by atoms with van der Waals surface area (Å²) in [6, 6.07) is 19.9. The number of nitrogens with zero attached hydrogens (tertiary/aromatic N) is 1. The van der Waals surface area contributed by atoms with Gasteiger partial charge in [0, 0.05) is 45.2 Å². The van der Waals surface area contributed by atoms with Crippen LogP contribution in [0.3, 0.4) is 0 Å². The number of benzene rings is 3. The number of anilines is 1. The molecule has 0 aromatic heterocycles. The highest BCUT2D eigenvalue weighted by Gasteiger charge is 2.29. The van der Waals surface area contributed by atoms with Crippen molar-refractivity contribution in [2.45, 2.75) is 37.9 Å². The summed E-state index contributed by atoms with van der Waals surface area (Å²) in [5.74, 6) is 4.02. The Hall–Kier alpha value is -3.99. The summed E-state index contributed by atoms with van der Waals surface area (Å²) in [5.41, 5.74) is 3.05. The normalized spacial score (nSPS) is 18.9. The van der Waals surface area contributed by atoms with E-state index in [-0.39, 0.29) is 31.3 Å². The monoisotopic (exact) mass is 604 g/mol. The first-order valence-corrected chi connectivity index (χ1v) is 15.3. The van der Waals surface area contributed by atoms with Crippen LogP contribution < -0.4 is 33.9 Å². The summed E-state index contributed by atoms with van der Waals surface area (Å²) in [5, 5.41) is 3.48. The number of carbonyl (C=O) groups excluding carboxylic acids is 1. The first-order valence-electron chi connectivity index (χ1n) is 15.3. The molecule has 3 heterocycles. The molecule has 0 radical (unpaired) electrons. The fraction of sp³-hybridized carbons (Fsp3) is 0.441. The molecule has 10 nitrogen and oxygen atoms in total. The van der Waals surface area contributed by atoms with Crippen molar-refractivity contribution in [3.63, 3.8) is 0 Å². The SMILES string of the molecule is COCCCN1C(=O)COc2ccc(COC3CNCCC3c3ccc(OCCCOc4ccc5c(c4)OCO5)cc3)cc21. The third kappa shape index (κ3) is 7.38. The van der Waals surface area contributed by atoms with Gasteiger partial charge in [0.2, 0.25) is 6.79 Å². The lowest BCUT2D eigenvalue weighted by molar-refractivity contribution is -0.121. The van der Waals surface area contributed by atoms with Crippen LogP contribution in [0.4, 0.5) is 5.69 Å². The van der Waals surface area contributed by atoms with Gasteiger partial charge in [0.15, 0.2) is 18.1 Å². The minimum atomic E-state index is -0.0368. The summed E-state index contributed by atoms with van der Waals surface area (Å²) in [4.78, 5) is 14.4. The van der Waals surface area contributed by atoms with Gasteiger partial charge >= 0.3 is 0 Å². The van der Waals surface area contributed by atoms with Crippen LogP contribution in [0.2, 0.25) is 0 Å². The van der Waals surface area contributed by atoms with E-state index in [4.69, 9.17) is 33.2 Å². The quantitative estimate of drug-likeness (QED) is 0.263. The van der Waals surface area contributed by atoms with E-state index in [1.54, 1.807) is 12.0 Å². The molecule has 2 atom stereocenters. The average Bonchev–Trinajstić information content (AvgIpc) is 3.53. The van der Waals surface area contributed by atoms with E-state index in [2.05, 4.69) is 17.4 Å². The van der Waals surface area contributed by atoms with Crippen molar-refractivity contribution in [2.75, 3.05) is 64.9 Å². The Labute approximate surface area is 258 Å². The zero-order valence-electron chi connectivity index (χ0n) is 25.1. The Morgan fingerprint density at radius 2 is 1.66 bits per heavy atom. The molecular weight excluding hydrogens is 564 g/mol. The lowest BCUT2D eigenvalue weighted by Gasteiger charge is -2.33. The van der Waals surface area contributed by atoms with E-state index in [1.807, 2.05) is 48.5 Å². The van der Waals surface area contributed by atoms with Gasteiger partial charge in [-0.25, -0.2) is 0 Å². The first-order chi connectivity index (χ1) is 21.7. The van der Waals surface area contributed by atoms with Crippen LogP contribution in [0.5, 0.6) is 28.7 Å². The highest BCUT2D eigenvalue weighted by molar-refractivity contribution is 5.97. The van der Waals surface area contributed by atoms with E-state index in [9.17, 15) is 4.79 Å². The molecule has 0 aliphatic carbocycles. The van der Waals surface area contributed by atoms with Crippen molar-refractivity contribution in [3.8, 4) is 28.7 Å². The summed E-state index contributed by atoms with van der Waals surface area (Å²) in [6.07, 6.45) is 2.53. The van der Waals surface area contributed by atoms with Crippen molar-refractivity contribution >= 4 is 11.6 Å². The predicted octanol–water partition coefficient (Wildman–Crippen LogP) is 4.69. The van der Waals surface area contributed by atoms with Crippen LogP contribution in [0, 0.1) is 0 Å². The average molecular weight is 605 g/mol. The lowest BCUT2D eigenvalue weighted by Crippen LogP contribution is -2.41. The van der Waals surface area contributed by atoms with Gasteiger partial charge in [-0.1, -0.05) is 18.2 Å². The molecular formula is C34H40N2O8. The Morgan fingerprint density at radius 3 is 2.52 bits per heavy atom. The molecule has 1 N–H and O–H groups in total. The predicted molar refractivity (Wildman–Crippen MR) is 164 cm³/mol. The Kier molecular flexibility index (Phi) is 10.0. The maximum absolute atomic E-state index is 12.6. The zero-order valence-corrected chi connectivity index (χ0v) is 25.1. The van der Waals surface area contributed by atoms with E-state index in [1.165, 1.54) is 5.56 Å². The van der Waals surface area contributed by atoms with Gasteiger partial charge in [-0.05, 0) is 66.9 Å². The number of rotatable bonds is 14. The van der Waals surface area contributed by atoms with Gasteiger partial charge in [0.25, 0.3) is 5.91 Å². The molecule has 3 aromatic carbocycles. The largest absolute Gasteiger partial charge is 0.493 e. The number of nitrogens with one attached hydrogen (secondary N) is 1. The van der Waals surface area contributed by atoms with E-state index >= 15 is 0 Å². The van der Waals surface area contributed by atoms with Crippen LogP contribution in [-0.4, -0.2) is 72.0 Å². The molecule has 3 aliphatic heterocycles. The van der Waals surface area contributed by atoms with Gasteiger partial charge < -0.3 is 43.4 Å². The molecule has 1 saturated heterocycles. The Morgan fingerprint density at radius 1 is 0.864 bits per heavy atom. The number of fused-ring (bicyclic) bond motifs is 2. The maximum atomic E-state index is 12.6. The van der Waals surface area contributed by atoms with Crippen LogP contribution in [0.15, 0.2) is 60.7 Å². The third-order valence-electron chi connectivity index (χ3n) is 8.07. The fourth-order valence-electron chi connectivity index (χ4n) is 5.76. The van der Waals surface area contributed by atoms with E-state index in [0.29, 0.717) is 38.7 Å². The number of ether oxygens (including phenoxy) is 7. The topological polar surface area (TPSA) is 97.0 Å². The minimum absolute atomic E-state index is 0.0237. The number of hydrogen-bond acceptors (Lipinski definition) is 9. The van der Waals surface area contributed by atoms with E-state index in [0.717, 1.165) is 66.6 Å². The fourth-order valence-corrected chi connectivity index (χ4v) is 5.76. The highest BCUT2D eigenvalue weighted by Crippen LogP contribution is 2.36. The summed E-state index contributed by atoms with van der Waals surface area (Å²) in [7, 11) is 1.67. The smallest absolute Gasteiger partial charge is 0.265 e. The minimum Gasteiger partial charge on any atom is -0.493 e. The van der Waals surface area contributed by atoms with E-state index < -0.39 is 0 Å². The molecule has 1 fully saturated rings. The molecule has 44 heavy (non-hydrogen) atoms. The van der Waals surface area contributed by atoms with Gasteiger partial charge in [-0.2, -0.15) is 0 Å². The molecule has 6 rings (SSSR count). The number of hydrogen-bond donors (Lipinski definition) is 1. The van der Waals surface area contributed by atoms with Crippen LogP contribution in [0.25, 0.3) is 0 Å². The number of piperidine rings is 1. The maximum Gasteiger partial charge on any atom is 0.265 e. The van der Waals surface area contributed by atoms with Crippen LogP contribution in [0.1, 0.15) is 36.3 Å².